The third-order valence-corrected chi connectivity index (χ3v) is 3.73. The fourth-order valence-corrected chi connectivity index (χ4v) is 2.49. The molecule has 2 rings (SSSR count). The van der Waals surface area contributed by atoms with Crippen molar-refractivity contribution in [2.75, 3.05) is 18.5 Å². The van der Waals surface area contributed by atoms with Crippen LogP contribution in [0.3, 0.4) is 0 Å². The summed E-state index contributed by atoms with van der Waals surface area (Å²) in [5.41, 5.74) is 4.64. The Morgan fingerprint density at radius 2 is 2.26 bits per heavy atom. The largest absolute Gasteiger partial charge is 0.339 e. The number of nitrogens with zero attached hydrogens (tertiary/aromatic N) is 2. The highest BCUT2D eigenvalue weighted by molar-refractivity contribution is 5.99. The molecule has 5 nitrogen and oxygen atoms in total. The quantitative estimate of drug-likeness (QED) is 0.631. The average Bonchev–Trinajstić information content (AvgIpc) is 2.62. The first kappa shape index (κ1) is 13.8. The van der Waals surface area contributed by atoms with Gasteiger partial charge in [-0.3, -0.25) is 15.6 Å². The van der Waals surface area contributed by atoms with Gasteiger partial charge in [-0.1, -0.05) is 6.92 Å². The Morgan fingerprint density at radius 1 is 1.47 bits per heavy atom. The van der Waals surface area contributed by atoms with Gasteiger partial charge in [0, 0.05) is 25.0 Å². The lowest BCUT2D eigenvalue weighted by molar-refractivity contribution is 0.0761. The van der Waals surface area contributed by atoms with Crippen LogP contribution in [0.15, 0.2) is 12.3 Å². The molecule has 104 valence electrons. The molecule has 1 aliphatic heterocycles. The van der Waals surface area contributed by atoms with Gasteiger partial charge in [-0.25, -0.2) is 0 Å². The summed E-state index contributed by atoms with van der Waals surface area (Å²) in [6.45, 7) is 5.76. The number of carbonyl (C=O) groups is 1. The number of hydrazine groups is 1. The van der Waals surface area contributed by atoms with Gasteiger partial charge in [0.25, 0.3) is 5.91 Å². The Kier molecular flexibility index (Phi) is 4.37. The van der Waals surface area contributed by atoms with Crippen LogP contribution in [0.25, 0.3) is 0 Å². The fraction of sp³-hybridized carbons (Fsp3) is 0.571. The predicted molar refractivity (Wildman–Crippen MR) is 75.7 cm³/mol. The minimum Gasteiger partial charge on any atom is -0.339 e. The summed E-state index contributed by atoms with van der Waals surface area (Å²) in [4.78, 5) is 18.7. The number of aryl methyl sites for hydroxylation is 1. The number of nitrogens with two attached hydrogens (primary N) is 1. The zero-order valence-corrected chi connectivity index (χ0v) is 11.6. The van der Waals surface area contributed by atoms with Crippen molar-refractivity contribution in [2.24, 2.45) is 11.8 Å². The van der Waals surface area contributed by atoms with Crippen LogP contribution in [0.4, 0.5) is 5.69 Å². The van der Waals surface area contributed by atoms with Gasteiger partial charge in [-0.2, -0.15) is 0 Å². The van der Waals surface area contributed by atoms with E-state index >= 15 is 0 Å². The molecular formula is C14H22N4O. The Hall–Kier alpha value is -1.62. The smallest absolute Gasteiger partial charge is 0.257 e. The third kappa shape index (κ3) is 3.23. The monoisotopic (exact) mass is 262 g/mol. The maximum Gasteiger partial charge on any atom is 0.257 e. The van der Waals surface area contributed by atoms with Gasteiger partial charge in [-0.05, 0) is 38.2 Å². The molecule has 0 bridgehead atoms. The summed E-state index contributed by atoms with van der Waals surface area (Å²) in [6.07, 6.45) is 4.94. The van der Waals surface area contributed by atoms with E-state index in [2.05, 4.69) is 17.3 Å². The summed E-state index contributed by atoms with van der Waals surface area (Å²) in [5, 5.41) is 0. The van der Waals surface area contributed by atoms with E-state index < -0.39 is 0 Å². The summed E-state index contributed by atoms with van der Waals surface area (Å²) >= 11 is 0. The van der Waals surface area contributed by atoms with Crippen LogP contribution in [0.1, 0.15) is 42.2 Å². The van der Waals surface area contributed by atoms with Gasteiger partial charge < -0.3 is 10.3 Å². The van der Waals surface area contributed by atoms with E-state index in [0.717, 1.165) is 31.6 Å². The molecule has 0 spiro atoms. The van der Waals surface area contributed by atoms with Crippen molar-refractivity contribution in [3.63, 3.8) is 0 Å². The van der Waals surface area contributed by atoms with Crippen LogP contribution >= 0.6 is 0 Å². The molecule has 0 radical (unpaired) electrons. The number of likely N-dealkylation sites (tertiary alicyclic amines) is 1. The number of nitrogens with one attached hydrogen (secondary N) is 1. The van der Waals surface area contributed by atoms with Crippen molar-refractivity contribution in [3.05, 3.63) is 23.5 Å². The van der Waals surface area contributed by atoms with E-state index in [0.29, 0.717) is 17.2 Å². The normalized spacial score (nSPS) is 19.9. The number of hydrogen-bond acceptors (Lipinski definition) is 4. The zero-order valence-electron chi connectivity index (χ0n) is 11.6. The number of pyridine rings is 1. The van der Waals surface area contributed by atoms with Crippen molar-refractivity contribution in [3.8, 4) is 0 Å². The first-order valence-corrected chi connectivity index (χ1v) is 6.84. The number of anilines is 1. The second-order valence-corrected chi connectivity index (χ2v) is 5.34. The minimum atomic E-state index is 0.0227. The molecule has 3 N–H and O–H groups in total. The summed E-state index contributed by atoms with van der Waals surface area (Å²) < 4.78 is 0. The number of carbonyl (C=O) groups excluding carboxylic acids is 1. The predicted octanol–water partition coefficient (Wildman–Crippen LogP) is 1.94. The lowest BCUT2D eigenvalue weighted by Gasteiger charge is -2.21. The highest BCUT2D eigenvalue weighted by Crippen LogP contribution is 2.21. The first-order chi connectivity index (χ1) is 9.11. The van der Waals surface area contributed by atoms with E-state index in [4.69, 9.17) is 5.84 Å². The van der Waals surface area contributed by atoms with E-state index in [1.165, 1.54) is 6.42 Å². The van der Waals surface area contributed by atoms with Gasteiger partial charge in [0.15, 0.2) is 0 Å². The Bertz CT molecular complexity index is 461. The molecular weight excluding hydrogens is 240 g/mol. The van der Waals surface area contributed by atoms with Crippen LogP contribution in [0.2, 0.25) is 0 Å². The zero-order chi connectivity index (χ0) is 13.8. The number of hydrogen-bond donors (Lipinski definition) is 2. The highest BCUT2D eigenvalue weighted by atomic mass is 16.2. The SMILES string of the molecule is Cc1cc(NN)c(C(=O)N2CCCC(C)CC2)cn1. The van der Waals surface area contributed by atoms with Crippen molar-refractivity contribution in [1.82, 2.24) is 9.88 Å². The van der Waals surface area contributed by atoms with Crippen LogP contribution in [0, 0.1) is 12.8 Å². The maximum atomic E-state index is 12.5. The van der Waals surface area contributed by atoms with Gasteiger partial charge in [0.05, 0.1) is 11.3 Å². The molecule has 1 aromatic rings. The fourth-order valence-electron chi connectivity index (χ4n) is 2.49. The summed E-state index contributed by atoms with van der Waals surface area (Å²) in [5.74, 6) is 6.21. The van der Waals surface area contributed by atoms with E-state index in [1.807, 2.05) is 11.8 Å². The van der Waals surface area contributed by atoms with Crippen molar-refractivity contribution in [1.29, 1.82) is 0 Å². The molecule has 1 atom stereocenters. The lowest BCUT2D eigenvalue weighted by atomic mass is 10.0. The first-order valence-electron chi connectivity index (χ1n) is 6.84. The number of rotatable bonds is 2. The molecule has 1 amide bonds. The second-order valence-electron chi connectivity index (χ2n) is 5.34. The molecule has 1 aliphatic rings. The molecule has 1 unspecified atom stereocenters. The standard InChI is InChI=1S/C14H22N4O/c1-10-4-3-6-18(7-5-10)14(19)12-9-16-11(2)8-13(12)17-15/h8-10H,3-7,15H2,1-2H3,(H,16,17). The lowest BCUT2D eigenvalue weighted by Crippen LogP contribution is -2.33. The highest BCUT2D eigenvalue weighted by Gasteiger charge is 2.22. The van der Waals surface area contributed by atoms with Crippen LogP contribution in [0.5, 0.6) is 0 Å². The minimum absolute atomic E-state index is 0.0227. The van der Waals surface area contributed by atoms with Crippen LogP contribution < -0.4 is 11.3 Å². The molecule has 1 fully saturated rings. The molecule has 0 saturated carbocycles. The number of aromatic nitrogens is 1. The topological polar surface area (TPSA) is 71.2 Å². The van der Waals surface area contributed by atoms with Crippen LogP contribution in [-0.2, 0) is 0 Å². The van der Waals surface area contributed by atoms with E-state index in [9.17, 15) is 4.79 Å². The number of amides is 1. The Balaban J connectivity index is 2.19. The molecule has 2 heterocycles. The molecule has 0 aromatic carbocycles. The molecule has 1 aromatic heterocycles. The van der Waals surface area contributed by atoms with Gasteiger partial charge in [-0.15, -0.1) is 0 Å². The average molecular weight is 262 g/mol. The van der Waals surface area contributed by atoms with Crippen molar-refractivity contribution in [2.45, 2.75) is 33.1 Å². The van der Waals surface area contributed by atoms with Gasteiger partial charge in [0.2, 0.25) is 0 Å². The molecule has 0 aliphatic carbocycles. The van der Waals surface area contributed by atoms with Gasteiger partial charge in [0.1, 0.15) is 0 Å². The maximum absolute atomic E-state index is 12.5. The van der Waals surface area contributed by atoms with E-state index in [-0.39, 0.29) is 5.91 Å². The summed E-state index contributed by atoms with van der Waals surface area (Å²) in [6, 6.07) is 1.80. The molecule has 5 heteroatoms. The van der Waals surface area contributed by atoms with Gasteiger partial charge >= 0.3 is 0 Å². The number of nitrogen functional groups attached to an aromatic ring is 1. The van der Waals surface area contributed by atoms with E-state index in [1.54, 1.807) is 12.3 Å². The Labute approximate surface area is 114 Å². The summed E-state index contributed by atoms with van der Waals surface area (Å²) in [7, 11) is 0. The molecule has 19 heavy (non-hydrogen) atoms. The second kappa shape index (κ2) is 6.02. The van der Waals surface area contributed by atoms with Crippen LogP contribution in [-0.4, -0.2) is 28.9 Å². The van der Waals surface area contributed by atoms with Crippen molar-refractivity contribution >= 4 is 11.6 Å². The van der Waals surface area contributed by atoms with Crippen molar-refractivity contribution < 1.29 is 4.79 Å². The molecule has 1 saturated heterocycles. The Morgan fingerprint density at radius 3 is 3.00 bits per heavy atom. The third-order valence-electron chi connectivity index (χ3n) is 3.73.